The lowest BCUT2D eigenvalue weighted by atomic mass is 9.75. The maximum absolute atomic E-state index is 13.6. The van der Waals surface area contributed by atoms with Gasteiger partial charge >= 0.3 is 23.9 Å². The zero-order valence-electron chi connectivity index (χ0n) is 27.1. The van der Waals surface area contributed by atoms with Crippen LogP contribution in [0.4, 0.5) is 0 Å². The smallest absolute Gasteiger partial charge is 0.339 e. The Morgan fingerprint density at radius 3 is 2.13 bits per heavy atom. The molecule has 250 valence electrons. The molecule has 45 heavy (non-hydrogen) atoms. The van der Waals surface area contributed by atoms with Crippen molar-refractivity contribution in [3.8, 4) is 0 Å². The van der Waals surface area contributed by atoms with Crippen molar-refractivity contribution < 1.29 is 57.8 Å². The van der Waals surface area contributed by atoms with Gasteiger partial charge in [0.05, 0.1) is 6.61 Å². The van der Waals surface area contributed by atoms with E-state index in [0.29, 0.717) is 12.8 Å². The van der Waals surface area contributed by atoms with Crippen LogP contribution in [0.2, 0.25) is 0 Å². The highest BCUT2D eigenvalue weighted by Gasteiger charge is 2.80. The van der Waals surface area contributed by atoms with Crippen LogP contribution in [0.1, 0.15) is 73.3 Å². The Kier molecular flexibility index (Phi) is 11.2. The van der Waals surface area contributed by atoms with Crippen molar-refractivity contribution in [2.24, 2.45) is 5.92 Å². The molecule has 8 atom stereocenters. The lowest BCUT2D eigenvalue weighted by molar-refractivity contribution is -0.383. The number of fused-ring (bicyclic) bond motifs is 2. The Morgan fingerprint density at radius 2 is 1.62 bits per heavy atom. The highest BCUT2D eigenvalue weighted by Crippen LogP contribution is 2.56. The summed E-state index contributed by atoms with van der Waals surface area (Å²) in [6, 6.07) is 9.72. The SMILES string of the molecule is C=C[C@]1(O)[C@@H](C(=O)OC(C)(C)C)O[C@@]2(CCC[C@@H](OC(C)=O)[C@H](C)Cc3ccccc3)O[C@]1(CO)[C@H](OC(C)=O)[C@H]2OC(C)=O. The number of aliphatic hydroxyl groups excluding tert-OH is 1. The van der Waals surface area contributed by atoms with Crippen LogP contribution in [0, 0.1) is 5.92 Å². The molecule has 2 N–H and O–H groups in total. The van der Waals surface area contributed by atoms with E-state index in [1.54, 1.807) is 20.8 Å². The van der Waals surface area contributed by atoms with Gasteiger partial charge in [-0.3, -0.25) is 14.4 Å². The molecule has 3 rings (SSSR count). The van der Waals surface area contributed by atoms with Gasteiger partial charge in [-0.15, -0.1) is 6.58 Å². The molecule has 0 aliphatic carbocycles. The Bertz CT molecular complexity index is 1240. The summed E-state index contributed by atoms with van der Waals surface area (Å²) in [5.74, 6) is -5.20. The van der Waals surface area contributed by atoms with Crippen LogP contribution in [0.25, 0.3) is 0 Å². The largest absolute Gasteiger partial charge is 0.462 e. The van der Waals surface area contributed by atoms with Crippen LogP contribution < -0.4 is 0 Å². The number of ether oxygens (including phenoxy) is 6. The Morgan fingerprint density at radius 1 is 1.02 bits per heavy atom. The molecule has 2 heterocycles. The average molecular weight is 635 g/mol. The third kappa shape index (κ3) is 7.74. The molecule has 2 aliphatic rings. The van der Waals surface area contributed by atoms with Crippen LogP contribution in [0.3, 0.4) is 0 Å². The lowest BCUT2D eigenvalue weighted by Gasteiger charge is -2.52. The average Bonchev–Trinajstić information content (AvgIpc) is 3.15. The second kappa shape index (κ2) is 14.0. The minimum absolute atomic E-state index is 0.0905. The molecule has 12 heteroatoms. The molecule has 0 unspecified atom stereocenters. The van der Waals surface area contributed by atoms with Gasteiger partial charge in [-0.2, -0.15) is 0 Å². The highest BCUT2D eigenvalue weighted by atomic mass is 16.8. The van der Waals surface area contributed by atoms with Crippen molar-refractivity contribution in [3.63, 3.8) is 0 Å². The second-order valence-electron chi connectivity index (χ2n) is 12.8. The van der Waals surface area contributed by atoms with Gasteiger partial charge in [0.25, 0.3) is 0 Å². The number of hydrogen-bond acceptors (Lipinski definition) is 12. The van der Waals surface area contributed by atoms with Crippen molar-refractivity contribution in [1.82, 2.24) is 0 Å². The van der Waals surface area contributed by atoms with Gasteiger partial charge in [-0.1, -0.05) is 43.3 Å². The molecule has 1 aromatic carbocycles. The number of aliphatic hydroxyl groups is 2. The summed E-state index contributed by atoms with van der Waals surface area (Å²) in [5, 5.41) is 22.8. The molecule has 2 bridgehead atoms. The molecule has 2 saturated heterocycles. The van der Waals surface area contributed by atoms with E-state index in [1.807, 2.05) is 37.3 Å². The summed E-state index contributed by atoms with van der Waals surface area (Å²) >= 11 is 0. The van der Waals surface area contributed by atoms with Crippen LogP contribution in [0.5, 0.6) is 0 Å². The van der Waals surface area contributed by atoms with Crippen molar-refractivity contribution >= 4 is 23.9 Å². The first-order valence-electron chi connectivity index (χ1n) is 15.1. The third-order valence-electron chi connectivity index (χ3n) is 8.04. The first-order valence-corrected chi connectivity index (χ1v) is 15.1. The van der Waals surface area contributed by atoms with Crippen molar-refractivity contribution in [2.75, 3.05) is 6.61 Å². The van der Waals surface area contributed by atoms with Crippen LogP contribution in [-0.2, 0) is 54.0 Å². The van der Waals surface area contributed by atoms with Crippen molar-refractivity contribution in [2.45, 2.75) is 121 Å². The number of carbonyl (C=O) groups is 4. The fraction of sp³-hybridized carbons (Fsp3) is 0.636. The van der Waals surface area contributed by atoms with E-state index in [-0.39, 0.29) is 18.8 Å². The van der Waals surface area contributed by atoms with Crippen LogP contribution in [0.15, 0.2) is 43.0 Å². The van der Waals surface area contributed by atoms with E-state index in [4.69, 9.17) is 28.4 Å². The summed E-state index contributed by atoms with van der Waals surface area (Å²) in [5.41, 5.74) is -4.70. The Labute approximate surface area is 263 Å². The summed E-state index contributed by atoms with van der Waals surface area (Å²) in [6.07, 6.45) is -3.49. The summed E-state index contributed by atoms with van der Waals surface area (Å²) in [6.45, 7) is 13.0. The molecular formula is C33H46O12. The molecule has 2 aliphatic heterocycles. The fourth-order valence-electron chi connectivity index (χ4n) is 6.18. The van der Waals surface area contributed by atoms with E-state index in [2.05, 4.69) is 6.58 Å². The molecule has 0 radical (unpaired) electrons. The Balaban J connectivity index is 2.05. The zero-order chi connectivity index (χ0) is 33.8. The predicted octanol–water partition coefficient (Wildman–Crippen LogP) is 2.95. The number of benzene rings is 1. The third-order valence-corrected chi connectivity index (χ3v) is 8.04. The van der Waals surface area contributed by atoms with E-state index >= 15 is 0 Å². The minimum atomic E-state index is -2.51. The highest BCUT2D eigenvalue weighted by molar-refractivity contribution is 5.78. The van der Waals surface area contributed by atoms with Crippen molar-refractivity contribution in [3.05, 3.63) is 48.6 Å². The topological polar surface area (TPSA) is 164 Å². The summed E-state index contributed by atoms with van der Waals surface area (Å²) in [4.78, 5) is 50.3. The first kappa shape index (κ1) is 36.2. The van der Waals surface area contributed by atoms with Crippen molar-refractivity contribution in [1.29, 1.82) is 0 Å². The fourth-order valence-corrected chi connectivity index (χ4v) is 6.18. The molecule has 0 spiro atoms. The normalized spacial score (nSPS) is 30.5. The van der Waals surface area contributed by atoms with Crippen LogP contribution in [-0.4, -0.2) is 87.7 Å². The lowest BCUT2D eigenvalue weighted by Crippen LogP contribution is -2.73. The molecular weight excluding hydrogens is 588 g/mol. The van der Waals surface area contributed by atoms with Gasteiger partial charge in [-0.25, -0.2) is 4.79 Å². The number of carbonyl (C=O) groups excluding carboxylic acids is 4. The molecule has 0 saturated carbocycles. The van der Waals surface area contributed by atoms with Gasteiger partial charge in [0.15, 0.2) is 29.5 Å². The first-order chi connectivity index (χ1) is 20.9. The van der Waals surface area contributed by atoms with E-state index in [9.17, 15) is 29.4 Å². The maximum Gasteiger partial charge on any atom is 0.339 e. The number of rotatable bonds is 13. The summed E-state index contributed by atoms with van der Waals surface area (Å²) in [7, 11) is 0. The van der Waals surface area contributed by atoms with E-state index in [0.717, 1.165) is 25.5 Å². The molecule has 0 amide bonds. The summed E-state index contributed by atoms with van der Waals surface area (Å²) < 4.78 is 35.0. The number of hydrogen-bond donors (Lipinski definition) is 2. The predicted molar refractivity (Wildman–Crippen MR) is 159 cm³/mol. The monoisotopic (exact) mass is 634 g/mol. The number of esters is 4. The van der Waals surface area contributed by atoms with E-state index < -0.39 is 77.5 Å². The van der Waals surface area contributed by atoms with E-state index in [1.165, 1.54) is 6.92 Å². The molecule has 1 aromatic rings. The molecule has 12 nitrogen and oxygen atoms in total. The Hall–Kier alpha value is -3.32. The zero-order valence-corrected chi connectivity index (χ0v) is 27.1. The van der Waals surface area contributed by atoms with Gasteiger partial charge in [0.1, 0.15) is 11.7 Å². The van der Waals surface area contributed by atoms with Gasteiger partial charge in [0.2, 0.25) is 5.79 Å². The van der Waals surface area contributed by atoms with Crippen LogP contribution >= 0.6 is 0 Å². The van der Waals surface area contributed by atoms with Gasteiger partial charge < -0.3 is 38.6 Å². The van der Waals surface area contributed by atoms with Gasteiger partial charge in [0, 0.05) is 27.2 Å². The van der Waals surface area contributed by atoms with Gasteiger partial charge in [-0.05, 0) is 51.5 Å². The molecule has 2 fully saturated rings. The minimum Gasteiger partial charge on any atom is -0.462 e. The quantitative estimate of drug-likeness (QED) is 0.186. The molecule has 0 aromatic heterocycles. The second-order valence-corrected chi connectivity index (χ2v) is 12.8. The maximum atomic E-state index is 13.6. The standard InChI is InChI=1S/C33H46O12/c1-9-31(39)28(29(38)44-30(6,7)8)43-33(27(42-23(5)37)26(41-22(4)36)32(31,19-34)45-33)17-13-16-25(40-21(3)35)20(2)18-24-14-11-10-12-15-24/h9-12,14-15,20,25-28,34,39H,1,13,16-19H2,2-8H3/t20-,25-,26-,27-,28-,31+,32-,33+/m1/s1.